The van der Waals surface area contributed by atoms with Crippen LogP contribution in [0.2, 0.25) is 0 Å². The van der Waals surface area contributed by atoms with E-state index in [-0.39, 0.29) is 30.3 Å². The fraction of sp³-hybridized carbons (Fsp3) is 0.667. The van der Waals surface area contributed by atoms with E-state index in [9.17, 15) is 30.3 Å². The van der Waals surface area contributed by atoms with Gasteiger partial charge in [0.15, 0.2) is 23.7 Å². The molecule has 4 rings (SSSR count). The Morgan fingerprint density at radius 2 is 1.97 bits per heavy atom. The summed E-state index contributed by atoms with van der Waals surface area (Å²) in [5, 5.41) is 49.7. The van der Waals surface area contributed by atoms with Crippen LogP contribution in [0.4, 0.5) is 5.95 Å². The molecule has 2 aliphatic heterocycles. The molecule has 0 radical (unpaired) electrons. The van der Waals surface area contributed by atoms with Crippen molar-refractivity contribution in [3.8, 4) is 0 Å². The smallest absolute Gasteiger partial charge is 0.280 e. The first-order chi connectivity index (χ1) is 13.8. The number of hydrogen-bond acceptors (Lipinski definition) is 12. The molecule has 160 valence electrons. The van der Waals surface area contributed by atoms with Crippen LogP contribution in [0.5, 0.6) is 0 Å². The van der Waals surface area contributed by atoms with Gasteiger partial charge >= 0.3 is 0 Å². The van der Waals surface area contributed by atoms with Gasteiger partial charge in [0.1, 0.15) is 36.6 Å². The molecule has 14 heteroatoms. The number of H-pyrrole nitrogens is 1. The summed E-state index contributed by atoms with van der Waals surface area (Å²) in [6.07, 6.45) is -9.20. The predicted molar refractivity (Wildman–Crippen MR) is 92.2 cm³/mol. The number of aliphatic hydroxyl groups is 5. The van der Waals surface area contributed by atoms with Gasteiger partial charge in [-0.15, -0.1) is 0 Å². The number of imidazole rings is 1. The Bertz CT molecular complexity index is 935. The highest BCUT2D eigenvalue weighted by Gasteiger charge is 2.46. The lowest BCUT2D eigenvalue weighted by Gasteiger charge is -2.35. The lowest BCUT2D eigenvalue weighted by atomic mass is 10.1. The van der Waals surface area contributed by atoms with E-state index < -0.39 is 54.7 Å². The number of aromatic nitrogens is 4. The van der Waals surface area contributed by atoms with Gasteiger partial charge in [0.05, 0.1) is 19.5 Å². The second-order valence-electron chi connectivity index (χ2n) is 6.91. The zero-order valence-corrected chi connectivity index (χ0v) is 14.9. The Labute approximate surface area is 162 Å². The number of hydrogen-bond donors (Lipinski definition) is 7. The van der Waals surface area contributed by atoms with Crippen molar-refractivity contribution in [2.24, 2.45) is 0 Å². The lowest BCUT2D eigenvalue weighted by Crippen LogP contribution is -2.54. The molecule has 0 spiro atoms. The Balaban J connectivity index is 1.48. The van der Waals surface area contributed by atoms with Crippen molar-refractivity contribution in [3.05, 3.63) is 16.7 Å². The molecule has 2 saturated heterocycles. The fourth-order valence-electron chi connectivity index (χ4n) is 3.34. The molecule has 4 unspecified atom stereocenters. The van der Waals surface area contributed by atoms with Crippen LogP contribution < -0.4 is 11.3 Å². The van der Waals surface area contributed by atoms with Gasteiger partial charge in [-0.3, -0.25) is 14.3 Å². The third-order valence-corrected chi connectivity index (χ3v) is 4.94. The number of nitrogens with two attached hydrogens (primary N) is 1. The van der Waals surface area contributed by atoms with E-state index in [0.717, 1.165) is 0 Å². The average Bonchev–Trinajstić information content (AvgIpc) is 3.21. The maximum absolute atomic E-state index is 11.9. The standard InChI is InChI=1S/C15H21N5O9/c16-15-18-11-6(12(26)19-15)17-3-20(11)13-9(24)8(23)5(29-13)2-28-14-10(25)7(22)4(21)1-27-14/h3-5,7-10,13-14,21-25H,1-2H2,(H3,16,18,19,26)/t4?,5-,7?,8-,9-,10?,13-,14?/m1/s1. The molecule has 4 heterocycles. The van der Waals surface area contributed by atoms with Gasteiger partial charge in [0.25, 0.3) is 5.56 Å². The van der Waals surface area contributed by atoms with E-state index in [1.54, 1.807) is 0 Å². The van der Waals surface area contributed by atoms with Gasteiger partial charge in [-0.2, -0.15) is 4.98 Å². The maximum Gasteiger partial charge on any atom is 0.280 e. The Morgan fingerprint density at radius 1 is 1.21 bits per heavy atom. The summed E-state index contributed by atoms with van der Waals surface area (Å²) in [6.45, 7) is -0.549. The molecule has 8 atom stereocenters. The summed E-state index contributed by atoms with van der Waals surface area (Å²) in [6, 6.07) is 0. The second-order valence-corrected chi connectivity index (χ2v) is 6.91. The fourth-order valence-corrected chi connectivity index (χ4v) is 3.34. The number of anilines is 1. The SMILES string of the molecule is Nc1nc2c(ncn2[C@@H]2O[C@H](COC3OCC(O)C(O)C3O)[C@@H](O)[C@H]2O)c(=O)[nH]1. The molecule has 0 saturated carbocycles. The number of nitrogens with one attached hydrogen (secondary N) is 1. The topological polar surface area (TPSA) is 218 Å². The van der Waals surface area contributed by atoms with Crippen LogP contribution >= 0.6 is 0 Å². The van der Waals surface area contributed by atoms with Crippen molar-refractivity contribution in [2.45, 2.75) is 49.1 Å². The van der Waals surface area contributed by atoms with Crippen molar-refractivity contribution in [1.82, 2.24) is 19.5 Å². The molecule has 2 fully saturated rings. The second kappa shape index (κ2) is 7.58. The van der Waals surface area contributed by atoms with E-state index >= 15 is 0 Å². The molecule has 0 aliphatic carbocycles. The highest BCUT2D eigenvalue weighted by molar-refractivity contribution is 5.70. The van der Waals surface area contributed by atoms with Crippen LogP contribution in [0.1, 0.15) is 6.23 Å². The van der Waals surface area contributed by atoms with Crippen LogP contribution in [-0.2, 0) is 14.2 Å². The number of fused-ring (bicyclic) bond motifs is 1. The zero-order valence-electron chi connectivity index (χ0n) is 14.9. The molecule has 14 nitrogen and oxygen atoms in total. The van der Waals surface area contributed by atoms with Gasteiger partial charge in [-0.25, -0.2) is 4.98 Å². The highest BCUT2D eigenvalue weighted by atomic mass is 16.7. The third kappa shape index (κ3) is 3.49. The minimum absolute atomic E-state index is 0.0181. The van der Waals surface area contributed by atoms with Crippen LogP contribution in [0.3, 0.4) is 0 Å². The minimum atomic E-state index is -1.51. The summed E-state index contributed by atoms with van der Waals surface area (Å²) in [7, 11) is 0. The Hall–Kier alpha value is -2.17. The van der Waals surface area contributed by atoms with E-state index in [1.807, 2.05) is 0 Å². The summed E-state index contributed by atoms with van der Waals surface area (Å²) in [5.41, 5.74) is 5.03. The van der Waals surface area contributed by atoms with E-state index in [0.29, 0.717) is 0 Å². The average molecular weight is 415 g/mol. The minimum Gasteiger partial charge on any atom is -0.388 e. The van der Waals surface area contributed by atoms with Gasteiger partial charge in [0.2, 0.25) is 5.95 Å². The van der Waals surface area contributed by atoms with Crippen molar-refractivity contribution in [1.29, 1.82) is 0 Å². The first kappa shape index (κ1) is 20.1. The van der Waals surface area contributed by atoms with Crippen LogP contribution in [0.25, 0.3) is 11.2 Å². The van der Waals surface area contributed by atoms with Gasteiger partial charge in [-0.05, 0) is 0 Å². The monoisotopic (exact) mass is 415 g/mol. The summed E-state index contributed by atoms with van der Waals surface area (Å²) in [4.78, 5) is 22.1. The van der Waals surface area contributed by atoms with Gasteiger partial charge in [-0.1, -0.05) is 0 Å². The quantitative estimate of drug-likeness (QED) is 0.253. The summed E-state index contributed by atoms with van der Waals surface area (Å²) >= 11 is 0. The van der Waals surface area contributed by atoms with Crippen LogP contribution in [0.15, 0.2) is 11.1 Å². The van der Waals surface area contributed by atoms with Crippen LogP contribution in [0, 0.1) is 0 Å². The molecule has 8 N–H and O–H groups in total. The molecule has 2 aromatic rings. The normalized spacial score (nSPS) is 38.0. The number of nitrogens with zero attached hydrogens (tertiary/aromatic N) is 3. The lowest BCUT2D eigenvalue weighted by molar-refractivity contribution is -0.276. The van der Waals surface area contributed by atoms with E-state index in [1.165, 1.54) is 10.9 Å². The van der Waals surface area contributed by atoms with Crippen LogP contribution in [-0.4, -0.2) is 101 Å². The Morgan fingerprint density at radius 3 is 2.72 bits per heavy atom. The molecule has 0 amide bonds. The van der Waals surface area contributed by atoms with E-state index in [4.69, 9.17) is 19.9 Å². The molecule has 29 heavy (non-hydrogen) atoms. The zero-order chi connectivity index (χ0) is 20.9. The predicted octanol–water partition coefficient (Wildman–Crippen LogP) is -4.22. The maximum atomic E-state index is 11.9. The molecule has 0 aromatic carbocycles. The van der Waals surface area contributed by atoms with Crippen molar-refractivity contribution >= 4 is 17.1 Å². The number of rotatable bonds is 4. The number of nitrogen functional groups attached to an aromatic ring is 1. The van der Waals surface area contributed by atoms with Crippen molar-refractivity contribution in [3.63, 3.8) is 0 Å². The van der Waals surface area contributed by atoms with E-state index in [2.05, 4.69) is 15.0 Å². The largest absolute Gasteiger partial charge is 0.388 e. The molecule has 0 bridgehead atoms. The first-order valence-corrected chi connectivity index (χ1v) is 8.79. The number of ether oxygens (including phenoxy) is 3. The molecule has 2 aliphatic rings. The molecule has 2 aromatic heterocycles. The van der Waals surface area contributed by atoms with Gasteiger partial charge < -0.3 is 45.5 Å². The van der Waals surface area contributed by atoms with Crippen molar-refractivity contribution < 1.29 is 39.7 Å². The van der Waals surface area contributed by atoms with Gasteiger partial charge in [0, 0.05) is 0 Å². The highest BCUT2D eigenvalue weighted by Crippen LogP contribution is 2.31. The van der Waals surface area contributed by atoms with Crippen molar-refractivity contribution in [2.75, 3.05) is 18.9 Å². The summed E-state index contributed by atoms with van der Waals surface area (Å²) < 4.78 is 17.4. The molecular weight excluding hydrogens is 394 g/mol. The Kier molecular flexibility index (Phi) is 5.26. The number of aliphatic hydroxyl groups excluding tert-OH is 5. The number of aromatic amines is 1. The summed E-state index contributed by atoms with van der Waals surface area (Å²) in [5.74, 6) is -0.152. The third-order valence-electron chi connectivity index (χ3n) is 4.94. The first-order valence-electron chi connectivity index (χ1n) is 8.79. The molecular formula is C15H21N5O9.